The molecule has 0 spiro atoms. The highest BCUT2D eigenvalue weighted by molar-refractivity contribution is 5.77. The highest BCUT2D eigenvalue weighted by atomic mass is 16.5. The number of aliphatic hydroxyl groups is 1. The number of aromatic nitrogens is 2. The van der Waals surface area contributed by atoms with E-state index < -0.39 is 35.0 Å². The standard InChI is InChI=1S/C13H18N2O6/c1-7-5-15(12(19)14-10(7)17)9-4-13(2,11(18)20-3)8(6-16)21-9/h5,8-9,16H,4,6H2,1-3H3,(H,14,17,19)/t8?,9?,13-/m1/s1. The van der Waals surface area contributed by atoms with Crippen LogP contribution in [0.3, 0.4) is 0 Å². The fraction of sp³-hybridized carbons (Fsp3) is 0.615. The maximum atomic E-state index is 11.9. The molecule has 1 aliphatic rings. The SMILES string of the molecule is COC(=O)[C@]1(C)CC(n2cc(C)c(=O)[nH]c2=O)OC1CO. The number of hydrogen-bond donors (Lipinski definition) is 2. The fourth-order valence-corrected chi connectivity index (χ4v) is 2.54. The molecular weight excluding hydrogens is 280 g/mol. The van der Waals surface area contributed by atoms with Crippen molar-refractivity contribution in [3.8, 4) is 0 Å². The first-order valence-electron chi connectivity index (χ1n) is 6.50. The minimum atomic E-state index is -1.06. The lowest BCUT2D eigenvalue weighted by Gasteiger charge is -2.24. The second-order valence-electron chi connectivity index (χ2n) is 5.35. The Morgan fingerprint density at radius 3 is 2.86 bits per heavy atom. The second kappa shape index (κ2) is 5.45. The first-order valence-corrected chi connectivity index (χ1v) is 6.50. The molecule has 2 heterocycles. The monoisotopic (exact) mass is 298 g/mol. The van der Waals surface area contributed by atoms with Crippen molar-refractivity contribution in [1.82, 2.24) is 9.55 Å². The van der Waals surface area contributed by atoms with Crippen LogP contribution in [0.2, 0.25) is 0 Å². The van der Waals surface area contributed by atoms with Gasteiger partial charge in [-0.15, -0.1) is 0 Å². The molecule has 2 rings (SSSR count). The Balaban J connectivity index is 2.41. The lowest BCUT2D eigenvalue weighted by Crippen LogP contribution is -2.39. The topological polar surface area (TPSA) is 111 Å². The number of carbonyl (C=O) groups is 1. The van der Waals surface area contributed by atoms with E-state index in [1.54, 1.807) is 13.8 Å². The van der Waals surface area contributed by atoms with Gasteiger partial charge in [0.1, 0.15) is 6.23 Å². The Kier molecular flexibility index (Phi) is 4.02. The van der Waals surface area contributed by atoms with Gasteiger partial charge in [0.2, 0.25) is 0 Å². The Morgan fingerprint density at radius 1 is 1.62 bits per heavy atom. The molecule has 1 aromatic heterocycles. The van der Waals surface area contributed by atoms with E-state index in [2.05, 4.69) is 4.98 Å². The van der Waals surface area contributed by atoms with Crippen LogP contribution in [-0.2, 0) is 14.3 Å². The third-order valence-electron chi connectivity index (χ3n) is 3.90. The van der Waals surface area contributed by atoms with Crippen LogP contribution in [0.15, 0.2) is 15.8 Å². The summed E-state index contributed by atoms with van der Waals surface area (Å²) in [6, 6.07) is 0. The van der Waals surface area contributed by atoms with Gasteiger partial charge in [0.15, 0.2) is 0 Å². The van der Waals surface area contributed by atoms with Gasteiger partial charge in [-0.05, 0) is 13.8 Å². The number of aliphatic hydroxyl groups excluding tert-OH is 1. The Labute approximate surface area is 120 Å². The summed E-state index contributed by atoms with van der Waals surface area (Å²) in [5.41, 5.74) is -1.80. The molecule has 1 aliphatic heterocycles. The number of esters is 1. The maximum absolute atomic E-state index is 11.9. The van der Waals surface area contributed by atoms with Crippen molar-refractivity contribution < 1.29 is 19.4 Å². The van der Waals surface area contributed by atoms with Crippen LogP contribution in [0.4, 0.5) is 0 Å². The predicted molar refractivity (Wildman–Crippen MR) is 71.8 cm³/mol. The first-order chi connectivity index (χ1) is 9.83. The van der Waals surface area contributed by atoms with E-state index in [9.17, 15) is 19.5 Å². The number of nitrogens with one attached hydrogen (secondary N) is 1. The molecule has 1 fully saturated rings. The van der Waals surface area contributed by atoms with E-state index >= 15 is 0 Å². The number of ether oxygens (including phenoxy) is 2. The zero-order chi connectivity index (χ0) is 15.8. The van der Waals surface area contributed by atoms with Crippen LogP contribution in [0, 0.1) is 12.3 Å². The number of H-pyrrole nitrogens is 1. The van der Waals surface area contributed by atoms with Gasteiger partial charge in [0.05, 0.1) is 25.2 Å². The largest absolute Gasteiger partial charge is 0.469 e. The molecule has 2 unspecified atom stereocenters. The highest BCUT2D eigenvalue weighted by Crippen LogP contribution is 2.43. The summed E-state index contributed by atoms with van der Waals surface area (Å²) in [5, 5.41) is 9.40. The van der Waals surface area contributed by atoms with E-state index in [-0.39, 0.29) is 13.0 Å². The van der Waals surface area contributed by atoms with Gasteiger partial charge in [0, 0.05) is 18.2 Å². The maximum Gasteiger partial charge on any atom is 0.330 e. The summed E-state index contributed by atoms with van der Waals surface area (Å²) in [4.78, 5) is 37.4. The van der Waals surface area contributed by atoms with Gasteiger partial charge >= 0.3 is 11.7 Å². The summed E-state index contributed by atoms with van der Waals surface area (Å²) in [5.74, 6) is -0.516. The lowest BCUT2D eigenvalue weighted by molar-refractivity contribution is -0.156. The molecule has 3 atom stereocenters. The van der Waals surface area contributed by atoms with Crippen molar-refractivity contribution in [2.75, 3.05) is 13.7 Å². The van der Waals surface area contributed by atoms with Crippen molar-refractivity contribution >= 4 is 5.97 Å². The molecule has 0 saturated carbocycles. The summed E-state index contributed by atoms with van der Waals surface area (Å²) in [7, 11) is 1.26. The highest BCUT2D eigenvalue weighted by Gasteiger charge is 2.52. The second-order valence-corrected chi connectivity index (χ2v) is 5.35. The van der Waals surface area contributed by atoms with Gasteiger partial charge in [-0.3, -0.25) is 19.1 Å². The van der Waals surface area contributed by atoms with Crippen LogP contribution in [0.25, 0.3) is 0 Å². The fourth-order valence-electron chi connectivity index (χ4n) is 2.54. The number of nitrogens with zero attached hydrogens (tertiary/aromatic N) is 1. The van der Waals surface area contributed by atoms with Crippen molar-refractivity contribution in [2.45, 2.75) is 32.6 Å². The van der Waals surface area contributed by atoms with Gasteiger partial charge < -0.3 is 14.6 Å². The number of methoxy groups -OCH3 is 1. The third kappa shape index (κ3) is 2.52. The van der Waals surface area contributed by atoms with E-state index in [0.717, 1.165) is 0 Å². The quantitative estimate of drug-likeness (QED) is 0.714. The zero-order valence-electron chi connectivity index (χ0n) is 12.1. The lowest BCUT2D eigenvalue weighted by atomic mass is 9.83. The molecule has 0 aromatic carbocycles. The molecule has 2 N–H and O–H groups in total. The molecule has 0 bridgehead atoms. The molecule has 1 aromatic rings. The predicted octanol–water partition coefficient (Wildman–Crippen LogP) is -0.696. The number of hydrogen-bond acceptors (Lipinski definition) is 6. The van der Waals surface area contributed by atoms with Crippen molar-refractivity contribution in [3.63, 3.8) is 0 Å². The Morgan fingerprint density at radius 2 is 2.29 bits per heavy atom. The molecule has 0 amide bonds. The van der Waals surface area contributed by atoms with E-state index in [0.29, 0.717) is 5.56 Å². The summed E-state index contributed by atoms with van der Waals surface area (Å²) in [6.45, 7) is 2.80. The number of aryl methyl sites for hydroxylation is 1. The molecule has 116 valence electrons. The molecule has 1 saturated heterocycles. The zero-order valence-corrected chi connectivity index (χ0v) is 12.1. The van der Waals surface area contributed by atoms with Crippen LogP contribution < -0.4 is 11.2 Å². The van der Waals surface area contributed by atoms with Gasteiger partial charge in [-0.25, -0.2) is 4.79 Å². The smallest absolute Gasteiger partial charge is 0.330 e. The molecule has 21 heavy (non-hydrogen) atoms. The number of rotatable bonds is 3. The van der Waals surface area contributed by atoms with E-state index in [1.807, 2.05) is 0 Å². The molecule has 0 radical (unpaired) electrons. The van der Waals surface area contributed by atoms with Gasteiger partial charge in [0.25, 0.3) is 5.56 Å². The molecule has 0 aliphatic carbocycles. The van der Waals surface area contributed by atoms with E-state index in [1.165, 1.54) is 17.9 Å². The molecule has 8 nitrogen and oxygen atoms in total. The van der Waals surface area contributed by atoms with Crippen molar-refractivity contribution in [3.05, 3.63) is 32.6 Å². The Bertz CT molecular complexity index is 663. The summed E-state index contributed by atoms with van der Waals surface area (Å²) < 4.78 is 11.6. The van der Waals surface area contributed by atoms with Crippen LogP contribution in [-0.4, -0.2) is 40.4 Å². The third-order valence-corrected chi connectivity index (χ3v) is 3.90. The van der Waals surface area contributed by atoms with Crippen molar-refractivity contribution in [1.29, 1.82) is 0 Å². The Hall–Kier alpha value is -1.93. The minimum absolute atomic E-state index is 0.163. The summed E-state index contributed by atoms with van der Waals surface area (Å²) >= 11 is 0. The average Bonchev–Trinajstić information content (AvgIpc) is 2.80. The van der Waals surface area contributed by atoms with Crippen LogP contribution >= 0.6 is 0 Å². The van der Waals surface area contributed by atoms with Crippen LogP contribution in [0.1, 0.15) is 25.1 Å². The van der Waals surface area contributed by atoms with Crippen LogP contribution in [0.5, 0.6) is 0 Å². The molecule has 8 heteroatoms. The van der Waals surface area contributed by atoms with Gasteiger partial charge in [-0.2, -0.15) is 0 Å². The first kappa shape index (κ1) is 15.5. The normalized spacial score (nSPS) is 28.6. The van der Waals surface area contributed by atoms with Gasteiger partial charge in [-0.1, -0.05) is 0 Å². The number of aromatic amines is 1. The molecular formula is C13H18N2O6. The minimum Gasteiger partial charge on any atom is -0.469 e. The summed E-state index contributed by atoms with van der Waals surface area (Å²) in [6.07, 6.45) is 0.00271. The van der Waals surface area contributed by atoms with Crippen molar-refractivity contribution in [2.24, 2.45) is 5.41 Å². The average molecular weight is 298 g/mol. The number of carbonyl (C=O) groups excluding carboxylic acids is 1. The van der Waals surface area contributed by atoms with E-state index in [4.69, 9.17) is 9.47 Å².